The SMILES string of the molecule is CC(=O)CC1CCC(c2nc3c(-c4cnc5ccccc5c4)cnn3c(N)c2Br)CC1. The van der Waals surface area contributed by atoms with Gasteiger partial charge in [0.05, 0.1) is 21.9 Å². The van der Waals surface area contributed by atoms with Crippen LogP contribution in [-0.2, 0) is 4.79 Å². The Morgan fingerprint density at radius 2 is 1.97 bits per heavy atom. The molecule has 1 saturated carbocycles. The molecule has 1 aliphatic rings. The number of nitrogens with two attached hydrogens (primary N) is 1. The van der Waals surface area contributed by atoms with Crippen LogP contribution in [0.15, 0.2) is 47.2 Å². The first-order valence-corrected chi connectivity index (χ1v) is 11.5. The van der Waals surface area contributed by atoms with Gasteiger partial charge in [-0.25, -0.2) is 4.98 Å². The van der Waals surface area contributed by atoms with Gasteiger partial charge in [-0.2, -0.15) is 9.61 Å². The quantitative estimate of drug-likeness (QED) is 0.416. The monoisotopic (exact) mass is 477 g/mol. The highest BCUT2D eigenvalue weighted by Gasteiger charge is 2.27. The molecule has 1 aliphatic carbocycles. The molecule has 6 nitrogen and oxygen atoms in total. The van der Waals surface area contributed by atoms with Gasteiger partial charge in [-0.3, -0.25) is 4.98 Å². The zero-order valence-corrected chi connectivity index (χ0v) is 19.0. The summed E-state index contributed by atoms with van der Waals surface area (Å²) in [5.41, 5.74) is 11.0. The number of ketones is 1. The number of nitrogen functional groups attached to an aromatic ring is 1. The molecule has 0 radical (unpaired) electrons. The van der Waals surface area contributed by atoms with Crippen LogP contribution in [0.3, 0.4) is 0 Å². The van der Waals surface area contributed by atoms with Crippen molar-refractivity contribution in [3.63, 3.8) is 0 Å². The van der Waals surface area contributed by atoms with Gasteiger partial charge in [0, 0.05) is 35.0 Å². The zero-order valence-electron chi connectivity index (χ0n) is 17.4. The van der Waals surface area contributed by atoms with E-state index in [0.717, 1.165) is 63.5 Å². The number of pyridine rings is 1. The van der Waals surface area contributed by atoms with E-state index in [2.05, 4.69) is 38.1 Å². The highest BCUT2D eigenvalue weighted by molar-refractivity contribution is 9.10. The molecule has 0 spiro atoms. The molecule has 0 atom stereocenters. The molecule has 0 unspecified atom stereocenters. The van der Waals surface area contributed by atoms with Crippen LogP contribution in [0.25, 0.3) is 27.7 Å². The van der Waals surface area contributed by atoms with Gasteiger partial charge >= 0.3 is 0 Å². The van der Waals surface area contributed by atoms with Crippen molar-refractivity contribution in [1.82, 2.24) is 19.6 Å². The molecule has 1 fully saturated rings. The summed E-state index contributed by atoms with van der Waals surface area (Å²) >= 11 is 3.68. The molecular weight excluding hydrogens is 454 g/mol. The molecule has 3 heterocycles. The lowest BCUT2D eigenvalue weighted by Crippen LogP contribution is -2.18. The van der Waals surface area contributed by atoms with Crippen molar-refractivity contribution >= 4 is 44.1 Å². The number of rotatable bonds is 4. The third-order valence-corrected chi connectivity index (χ3v) is 7.17. The van der Waals surface area contributed by atoms with Crippen LogP contribution in [-0.4, -0.2) is 25.4 Å². The summed E-state index contributed by atoms with van der Waals surface area (Å²) in [7, 11) is 0. The minimum Gasteiger partial charge on any atom is -0.383 e. The second kappa shape index (κ2) is 8.04. The number of carbonyl (C=O) groups is 1. The Morgan fingerprint density at radius 3 is 2.74 bits per heavy atom. The zero-order chi connectivity index (χ0) is 21.5. The van der Waals surface area contributed by atoms with Crippen LogP contribution in [0.1, 0.15) is 50.6 Å². The molecule has 1 aromatic carbocycles. The molecule has 3 aromatic heterocycles. The van der Waals surface area contributed by atoms with E-state index in [1.54, 1.807) is 11.4 Å². The summed E-state index contributed by atoms with van der Waals surface area (Å²) in [6.07, 6.45) is 8.48. The molecule has 31 heavy (non-hydrogen) atoms. The third kappa shape index (κ3) is 3.71. The first-order valence-electron chi connectivity index (χ1n) is 10.7. The summed E-state index contributed by atoms with van der Waals surface area (Å²) < 4.78 is 2.51. The number of anilines is 1. The van der Waals surface area contributed by atoms with Crippen molar-refractivity contribution in [3.05, 3.63) is 52.9 Å². The molecule has 0 bridgehead atoms. The van der Waals surface area contributed by atoms with Crippen LogP contribution in [0.2, 0.25) is 0 Å². The van der Waals surface area contributed by atoms with E-state index in [9.17, 15) is 4.79 Å². The Kier molecular flexibility index (Phi) is 5.22. The Bertz CT molecular complexity index is 1290. The molecule has 2 N–H and O–H groups in total. The molecule has 158 valence electrons. The Labute approximate surface area is 189 Å². The minimum atomic E-state index is 0.279. The number of aromatic nitrogens is 4. The molecule has 0 saturated heterocycles. The molecular formula is C24H24BrN5O. The lowest BCUT2D eigenvalue weighted by Gasteiger charge is -2.28. The first-order chi connectivity index (χ1) is 15.0. The maximum Gasteiger partial charge on any atom is 0.165 e. The number of benzene rings is 1. The Morgan fingerprint density at radius 1 is 1.19 bits per heavy atom. The topological polar surface area (TPSA) is 86.2 Å². The van der Waals surface area contributed by atoms with Crippen molar-refractivity contribution in [1.29, 1.82) is 0 Å². The fraction of sp³-hybridized carbons (Fsp3) is 0.333. The summed E-state index contributed by atoms with van der Waals surface area (Å²) in [6.45, 7) is 1.68. The lowest BCUT2D eigenvalue weighted by atomic mass is 9.78. The number of fused-ring (bicyclic) bond motifs is 2. The Hall–Kier alpha value is -2.80. The van der Waals surface area contributed by atoms with E-state index >= 15 is 0 Å². The number of hydrogen-bond acceptors (Lipinski definition) is 5. The van der Waals surface area contributed by atoms with Crippen molar-refractivity contribution in [2.24, 2.45) is 5.92 Å². The second-order valence-electron chi connectivity index (χ2n) is 8.53. The lowest BCUT2D eigenvalue weighted by molar-refractivity contribution is -0.118. The minimum absolute atomic E-state index is 0.279. The fourth-order valence-electron chi connectivity index (χ4n) is 4.75. The summed E-state index contributed by atoms with van der Waals surface area (Å²) in [6, 6.07) is 10.2. The molecule has 0 aliphatic heterocycles. The number of Topliss-reactive ketones (excluding diaryl/α,β-unsaturated/α-hetero) is 1. The summed E-state index contributed by atoms with van der Waals surface area (Å²) in [5.74, 6) is 1.65. The highest BCUT2D eigenvalue weighted by atomic mass is 79.9. The van der Waals surface area contributed by atoms with Gasteiger partial charge in [0.25, 0.3) is 0 Å². The number of nitrogens with zero attached hydrogens (tertiary/aromatic N) is 4. The predicted molar refractivity (Wildman–Crippen MR) is 126 cm³/mol. The van der Waals surface area contributed by atoms with Crippen molar-refractivity contribution in [3.8, 4) is 11.1 Å². The van der Waals surface area contributed by atoms with Gasteiger partial charge in [0.2, 0.25) is 0 Å². The number of hydrogen-bond donors (Lipinski definition) is 1. The van der Waals surface area contributed by atoms with Crippen molar-refractivity contribution in [2.45, 2.75) is 44.9 Å². The normalized spacial score (nSPS) is 19.2. The first kappa shape index (κ1) is 20.1. The van der Waals surface area contributed by atoms with Gasteiger partial charge in [0.1, 0.15) is 11.6 Å². The largest absolute Gasteiger partial charge is 0.383 e. The van der Waals surface area contributed by atoms with E-state index < -0.39 is 0 Å². The Balaban J connectivity index is 1.54. The maximum absolute atomic E-state index is 11.5. The summed E-state index contributed by atoms with van der Waals surface area (Å²) in [4.78, 5) is 21.1. The fourth-order valence-corrected chi connectivity index (χ4v) is 5.33. The molecule has 0 amide bonds. The van der Waals surface area contributed by atoms with Gasteiger partial charge < -0.3 is 10.5 Å². The van der Waals surface area contributed by atoms with Crippen LogP contribution in [0.4, 0.5) is 5.82 Å². The standard InChI is InChI=1S/C24H24BrN5O/c1-14(31)10-15-6-8-16(9-7-15)22-21(25)23(26)30-24(29-22)19(13-28-30)18-11-17-4-2-3-5-20(17)27-12-18/h2-5,11-13,15-16H,6-10,26H2,1H3. The smallest absolute Gasteiger partial charge is 0.165 e. The van der Waals surface area contributed by atoms with Gasteiger partial charge in [-0.1, -0.05) is 18.2 Å². The van der Waals surface area contributed by atoms with E-state index in [1.807, 2.05) is 30.6 Å². The van der Waals surface area contributed by atoms with Crippen LogP contribution >= 0.6 is 15.9 Å². The van der Waals surface area contributed by atoms with Gasteiger partial charge in [0.15, 0.2) is 5.65 Å². The molecule has 4 aromatic rings. The van der Waals surface area contributed by atoms with Crippen molar-refractivity contribution in [2.75, 3.05) is 5.73 Å². The second-order valence-corrected chi connectivity index (χ2v) is 9.32. The predicted octanol–water partition coefficient (Wildman–Crippen LogP) is 5.54. The van der Waals surface area contributed by atoms with Crippen molar-refractivity contribution < 1.29 is 4.79 Å². The van der Waals surface area contributed by atoms with E-state index in [1.165, 1.54) is 0 Å². The van der Waals surface area contributed by atoms with E-state index in [0.29, 0.717) is 24.1 Å². The van der Waals surface area contributed by atoms with E-state index in [-0.39, 0.29) is 5.78 Å². The number of para-hydroxylation sites is 1. The van der Waals surface area contributed by atoms with Gasteiger partial charge in [-0.15, -0.1) is 0 Å². The average molecular weight is 478 g/mol. The van der Waals surface area contributed by atoms with E-state index in [4.69, 9.17) is 10.7 Å². The molecule has 5 rings (SSSR count). The maximum atomic E-state index is 11.5. The van der Waals surface area contributed by atoms with Gasteiger partial charge in [-0.05, 0) is 66.6 Å². The highest BCUT2D eigenvalue weighted by Crippen LogP contribution is 2.41. The molecule has 7 heteroatoms. The van der Waals surface area contributed by atoms with Crippen LogP contribution in [0, 0.1) is 5.92 Å². The van der Waals surface area contributed by atoms with Crippen LogP contribution in [0.5, 0.6) is 0 Å². The number of carbonyl (C=O) groups excluding carboxylic acids is 1. The summed E-state index contributed by atoms with van der Waals surface area (Å²) in [5, 5.41) is 5.58. The average Bonchev–Trinajstić information content (AvgIpc) is 3.20. The van der Waals surface area contributed by atoms with Crippen LogP contribution < -0.4 is 5.73 Å². The number of halogens is 1. The third-order valence-electron chi connectivity index (χ3n) is 6.36.